The van der Waals surface area contributed by atoms with Crippen molar-refractivity contribution >= 4 is 21.4 Å². The topological polar surface area (TPSA) is 46.6 Å². The van der Waals surface area contributed by atoms with Crippen LogP contribution in [0, 0.1) is 11.8 Å². The second-order valence-corrected chi connectivity index (χ2v) is 9.22. The Balaban J connectivity index is 1.53. The van der Waals surface area contributed by atoms with E-state index in [4.69, 9.17) is 4.74 Å². The molecule has 4 nitrogen and oxygen atoms in total. The molecule has 1 aliphatic heterocycles. The predicted octanol–water partition coefficient (Wildman–Crippen LogP) is 2.33. The van der Waals surface area contributed by atoms with Gasteiger partial charge in [0.2, 0.25) is 0 Å². The molecule has 0 radical (unpaired) electrons. The molecule has 1 saturated heterocycles. The van der Waals surface area contributed by atoms with Crippen LogP contribution in [0.4, 0.5) is 0 Å². The number of ether oxygens (including phenoxy) is 1. The molecule has 6 heteroatoms. The van der Waals surface area contributed by atoms with E-state index >= 15 is 0 Å². The molecule has 1 aromatic rings. The van der Waals surface area contributed by atoms with Gasteiger partial charge in [0.15, 0.2) is 0 Å². The number of hydrogen-bond donors (Lipinski definition) is 0. The second kappa shape index (κ2) is 4.80. The Kier molecular flexibility index (Phi) is 3.18. The van der Waals surface area contributed by atoms with Gasteiger partial charge in [0.25, 0.3) is 10.0 Å². The van der Waals surface area contributed by atoms with Gasteiger partial charge in [-0.2, -0.15) is 4.31 Å². The maximum absolute atomic E-state index is 12.7. The van der Waals surface area contributed by atoms with Crippen molar-refractivity contribution in [3.8, 4) is 0 Å². The molecule has 0 spiro atoms. The quantitative estimate of drug-likeness (QED) is 0.838. The van der Waals surface area contributed by atoms with E-state index in [0.29, 0.717) is 16.7 Å². The molecule has 3 fully saturated rings. The molecule has 2 bridgehead atoms. The van der Waals surface area contributed by atoms with E-state index in [-0.39, 0.29) is 12.1 Å². The van der Waals surface area contributed by atoms with Gasteiger partial charge >= 0.3 is 0 Å². The number of hydrogen-bond acceptors (Lipinski definition) is 4. The van der Waals surface area contributed by atoms with Crippen molar-refractivity contribution in [2.45, 2.75) is 42.0 Å². The zero-order valence-electron chi connectivity index (χ0n) is 11.3. The molecule has 2 heterocycles. The number of rotatable bonds is 5. The fourth-order valence-corrected chi connectivity index (χ4v) is 6.32. The molecular formula is C14H19NO3S2. The predicted molar refractivity (Wildman–Crippen MR) is 77.2 cm³/mol. The number of thiophene rings is 1. The van der Waals surface area contributed by atoms with Crippen LogP contribution in [0.25, 0.3) is 0 Å². The van der Waals surface area contributed by atoms with Crippen LogP contribution in [-0.4, -0.2) is 38.0 Å². The molecule has 3 atom stereocenters. The first-order chi connectivity index (χ1) is 9.66. The van der Waals surface area contributed by atoms with E-state index in [2.05, 4.69) is 0 Å². The molecular weight excluding hydrogens is 294 g/mol. The van der Waals surface area contributed by atoms with Crippen molar-refractivity contribution < 1.29 is 13.2 Å². The first-order valence-corrected chi connectivity index (χ1v) is 9.65. The van der Waals surface area contributed by atoms with Gasteiger partial charge in [0.1, 0.15) is 4.21 Å². The molecule has 4 rings (SSSR count). The van der Waals surface area contributed by atoms with Crippen LogP contribution in [0.15, 0.2) is 21.7 Å². The minimum atomic E-state index is -3.31. The highest BCUT2D eigenvalue weighted by atomic mass is 32.2. The lowest BCUT2D eigenvalue weighted by Crippen LogP contribution is -2.39. The fourth-order valence-electron chi connectivity index (χ4n) is 3.48. The van der Waals surface area contributed by atoms with Gasteiger partial charge in [-0.1, -0.05) is 6.07 Å². The van der Waals surface area contributed by atoms with Crippen molar-refractivity contribution in [2.24, 2.45) is 11.8 Å². The normalized spacial score (nSPS) is 33.9. The Labute approximate surface area is 123 Å². The van der Waals surface area contributed by atoms with Gasteiger partial charge in [-0.25, -0.2) is 8.42 Å². The summed E-state index contributed by atoms with van der Waals surface area (Å²) >= 11 is 1.30. The first-order valence-electron chi connectivity index (χ1n) is 7.33. The third kappa shape index (κ3) is 2.13. The maximum atomic E-state index is 12.7. The zero-order chi connectivity index (χ0) is 13.7. The highest BCUT2D eigenvalue weighted by Crippen LogP contribution is 2.44. The average Bonchev–Trinajstić information content (AvgIpc) is 2.90. The molecule has 0 amide bonds. The Morgan fingerprint density at radius 3 is 2.85 bits per heavy atom. The Morgan fingerprint density at radius 2 is 2.15 bits per heavy atom. The number of nitrogens with zero attached hydrogens (tertiary/aromatic N) is 1. The van der Waals surface area contributed by atoms with Crippen LogP contribution < -0.4 is 0 Å². The zero-order valence-corrected chi connectivity index (χ0v) is 12.9. The lowest BCUT2D eigenvalue weighted by atomic mass is 10.1. The summed E-state index contributed by atoms with van der Waals surface area (Å²) < 4.78 is 33.5. The first kappa shape index (κ1) is 13.2. The van der Waals surface area contributed by atoms with Crippen molar-refractivity contribution in [1.29, 1.82) is 0 Å². The van der Waals surface area contributed by atoms with Crippen molar-refractivity contribution in [2.75, 3.05) is 13.2 Å². The average molecular weight is 313 g/mol. The van der Waals surface area contributed by atoms with Crippen LogP contribution in [0.5, 0.6) is 0 Å². The van der Waals surface area contributed by atoms with Crippen molar-refractivity contribution in [3.05, 3.63) is 17.5 Å². The number of fused-ring (bicyclic) bond motifs is 2. The lowest BCUT2D eigenvalue weighted by Gasteiger charge is -2.25. The van der Waals surface area contributed by atoms with Gasteiger partial charge in [-0.15, -0.1) is 11.3 Å². The summed E-state index contributed by atoms with van der Waals surface area (Å²) in [4.78, 5) is 0. The molecule has 0 N–H and O–H groups in total. The minimum Gasteiger partial charge on any atom is -0.376 e. The largest absolute Gasteiger partial charge is 0.376 e. The van der Waals surface area contributed by atoms with Gasteiger partial charge in [-0.3, -0.25) is 0 Å². The van der Waals surface area contributed by atoms with Crippen molar-refractivity contribution in [3.63, 3.8) is 0 Å². The monoisotopic (exact) mass is 313 g/mol. The van der Waals surface area contributed by atoms with E-state index < -0.39 is 10.0 Å². The van der Waals surface area contributed by atoms with E-state index in [1.165, 1.54) is 24.2 Å². The minimum absolute atomic E-state index is 0.0610. The third-order valence-electron chi connectivity index (χ3n) is 4.74. The van der Waals surface area contributed by atoms with E-state index in [9.17, 15) is 8.42 Å². The highest BCUT2D eigenvalue weighted by molar-refractivity contribution is 7.91. The molecule has 2 saturated carbocycles. The summed E-state index contributed by atoms with van der Waals surface area (Å²) in [6.45, 7) is 1.46. The molecule has 0 aromatic carbocycles. The molecule has 20 heavy (non-hydrogen) atoms. The smallest absolute Gasteiger partial charge is 0.252 e. The lowest BCUT2D eigenvalue weighted by molar-refractivity contribution is 0.0272. The Bertz CT molecular complexity index is 580. The molecule has 2 aliphatic carbocycles. The summed E-state index contributed by atoms with van der Waals surface area (Å²) in [5.74, 6) is 1.13. The second-order valence-electron chi connectivity index (χ2n) is 6.15. The van der Waals surface area contributed by atoms with E-state index in [1.54, 1.807) is 16.4 Å². The summed E-state index contributed by atoms with van der Waals surface area (Å²) in [7, 11) is -3.31. The fraction of sp³-hybridized carbons (Fsp3) is 0.714. The van der Waals surface area contributed by atoms with Gasteiger partial charge in [-0.05, 0) is 43.0 Å². The van der Waals surface area contributed by atoms with Crippen LogP contribution in [0.1, 0.15) is 25.7 Å². The van der Waals surface area contributed by atoms with E-state index in [0.717, 1.165) is 25.4 Å². The third-order valence-corrected chi connectivity index (χ3v) is 8.00. The van der Waals surface area contributed by atoms with Gasteiger partial charge in [0, 0.05) is 19.1 Å². The molecule has 0 unspecified atom stereocenters. The molecule has 1 aromatic heterocycles. The molecule has 110 valence electrons. The standard InChI is InChI=1S/C14H19NO3S2/c16-20(17,13-2-1-7-19-13)15-8-11-5-6-12(15)14(11)18-9-10-3-4-10/h1-2,7,10-12,14H,3-6,8-9H2/t11-,12+,14+/m1/s1. The van der Waals surface area contributed by atoms with Crippen LogP contribution in [0.3, 0.4) is 0 Å². The SMILES string of the molecule is O=S(=O)(c1cccs1)N1C[C@H]2CC[C@H]1[C@H]2OCC1CC1. The van der Waals surface area contributed by atoms with E-state index in [1.807, 2.05) is 5.38 Å². The number of sulfonamides is 1. The Hall–Kier alpha value is -0.430. The van der Waals surface area contributed by atoms with Crippen LogP contribution >= 0.6 is 11.3 Å². The summed E-state index contributed by atoms with van der Waals surface area (Å²) in [5.41, 5.74) is 0. The highest BCUT2D eigenvalue weighted by Gasteiger charge is 2.52. The van der Waals surface area contributed by atoms with Crippen LogP contribution in [-0.2, 0) is 14.8 Å². The summed E-state index contributed by atoms with van der Waals surface area (Å²) in [5, 5.41) is 1.82. The van der Waals surface area contributed by atoms with Crippen LogP contribution in [0.2, 0.25) is 0 Å². The maximum Gasteiger partial charge on any atom is 0.252 e. The summed E-state index contributed by atoms with van der Waals surface area (Å²) in [6.07, 6.45) is 4.74. The molecule has 3 aliphatic rings. The Morgan fingerprint density at radius 1 is 1.30 bits per heavy atom. The van der Waals surface area contributed by atoms with Gasteiger partial charge in [0.05, 0.1) is 12.1 Å². The number of piperidine rings is 1. The van der Waals surface area contributed by atoms with Crippen molar-refractivity contribution in [1.82, 2.24) is 4.31 Å². The van der Waals surface area contributed by atoms with Gasteiger partial charge < -0.3 is 4.74 Å². The summed E-state index contributed by atoms with van der Waals surface area (Å²) in [6, 6.07) is 3.56.